The van der Waals surface area contributed by atoms with Crippen molar-refractivity contribution in [1.29, 1.82) is 0 Å². The Bertz CT molecular complexity index is 904. The number of rotatable bonds is 3. The fraction of sp³-hybridized carbons (Fsp3) is 0.176. The molecule has 3 aromatic rings. The van der Waals surface area contributed by atoms with Crippen molar-refractivity contribution in [3.05, 3.63) is 63.6 Å². The highest BCUT2D eigenvalue weighted by Gasteiger charge is 2.10. The summed E-state index contributed by atoms with van der Waals surface area (Å²) in [6, 6.07) is 10.2. The first-order valence-corrected chi connectivity index (χ1v) is 7.90. The van der Waals surface area contributed by atoms with E-state index >= 15 is 0 Å². The fourth-order valence-electron chi connectivity index (χ4n) is 2.40. The number of aryl methyl sites for hydroxylation is 2. The van der Waals surface area contributed by atoms with Crippen LogP contribution in [0.15, 0.2) is 40.9 Å². The lowest BCUT2D eigenvalue weighted by Crippen LogP contribution is -2.22. The second-order valence-corrected chi connectivity index (χ2v) is 6.21. The van der Waals surface area contributed by atoms with Crippen LogP contribution in [-0.2, 0) is 13.6 Å². The largest absolute Gasteiger partial charge is 0.348 e. The molecule has 0 fully saturated rings. The van der Waals surface area contributed by atoms with Crippen LogP contribution in [0.1, 0.15) is 21.7 Å². The van der Waals surface area contributed by atoms with E-state index in [0.717, 1.165) is 16.9 Å². The Morgan fingerprint density at radius 2 is 2.09 bits per heavy atom. The van der Waals surface area contributed by atoms with Crippen LogP contribution in [0.25, 0.3) is 11.0 Å². The van der Waals surface area contributed by atoms with Crippen molar-refractivity contribution in [2.45, 2.75) is 13.5 Å². The molecule has 1 heterocycles. The smallest absolute Gasteiger partial charge is 0.251 e. The lowest BCUT2D eigenvalue weighted by molar-refractivity contribution is 0.0951. The van der Waals surface area contributed by atoms with Gasteiger partial charge in [-0.25, -0.2) is 9.37 Å². The predicted octanol–water partition coefficient (Wildman–Crippen LogP) is 3.71. The average molecular weight is 376 g/mol. The topological polar surface area (TPSA) is 46.9 Å². The molecule has 0 aliphatic heterocycles. The predicted molar refractivity (Wildman–Crippen MR) is 90.7 cm³/mol. The summed E-state index contributed by atoms with van der Waals surface area (Å²) in [7, 11) is 1.94. The number of carbonyl (C=O) groups is 1. The number of halogens is 2. The van der Waals surface area contributed by atoms with Gasteiger partial charge in [0, 0.05) is 19.2 Å². The molecule has 23 heavy (non-hydrogen) atoms. The molecule has 118 valence electrons. The average Bonchev–Trinajstić information content (AvgIpc) is 2.82. The van der Waals surface area contributed by atoms with Crippen LogP contribution in [0.5, 0.6) is 0 Å². The van der Waals surface area contributed by atoms with Gasteiger partial charge < -0.3 is 9.88 Å². The van der Waals surface area contributed by atoms with E-state index in [9.17, 15) is 9.18 Å². The second kappa shape index (κ2) is 6.12. The lowest BCUT2D eigenvalue weighted by Gasteiger charge is -2.06. The van der Waals surface area contributed by atoms with Crippen molar-refractivity contribution < 1.29 is 9.18 Å². The van der Waals surface area contributed by atoms with Crippen molar-refractivity contribution >= 4 is 32.9 Å². The molecule has 3 rings (SSSR count). The standard InChI is InChI=1S/C17H15BrFN3O/c1-10-21-15-8-12(4-6-16(15)22(10)2)17(23)20-9-11-3-5-13(18)14(19)7-11/h3-8H,9H2,1-2H3,(H,20,23). The fourth-order valence-corrected chi connectivity index (χ4v) is 2.64. The Kier molecular flexibility index (Phi) is 4.17. The molecule has 0 spiro atoms. The van der Waals surface area contributed by atoms with E-state index in [-0.39, 0.29) is 18.3 Å². The third kappa shape index (κ3) is 3.12. The maximum Gasteiger partial charge on any atom is 0.251 e. The summed E-state index contributed by atoms with van der Waals surface area (Å²) in [6.45, 7) is 2.18. The molecule has 4 nitrogen and oxygen atoms in total. The Morgan fingerprint density at radius 3 is 2.83 bits per heavy atom. The van der Waals surface area contributed by atoms with Gasteiger partial charge in [0.05, 0.1) is 15.5 Å². The van der Waals surface area contributed by atoms with Crippen molar-refractivity contribution in [1.82, 2.24) is 14.9 Å². The number of nitrogens with one attached hydrogen (secondary N) is 1. The Balaban J connectivity index is 1.76. The van der Waals surface area contributed by atoms with Crippen molar-refractivity contribution in [2.24, 2.45) is 7.05 Å². The summed E-state index contributed by atoms with van der Waals surface area (Å²) in [5.74, 6) is 0.337. The zero-order valence-electron chi connectivity index (χ0n) is 12.7. The number of imidazole rings is 1. The van der Waals surface area contributed by atoms with Gasteiger partial charge in [-0.15, -0.1) is 0 Å². The number of hydrogen-bond acceptors (Lipinski definition) is 2. The van der Waals surface area contributed by atoms with E-state index in [0.29, 0.717) is 15.6 Å². The summed E-state index contributed by atoms with van der Waals surface area (Å²) in [5, 5.41) is 2.79. The van der Waals surface area contributed by atoms with Crippen LogP contribution >= 0.6 is 15.9 Å². The maximum atomic E-state index is 13.5. The molecule has 0 bridgehead atoms. The second-order valence-electron chi connectivity index (χ2n) is 5.35. The number of fused-ring (bicyclic) bond motifs is 1. The van der Waals surface area contributed by atoms with Crippen LogP contribution in [-0.4, -0.2) is 15.5 Å². The molecular weight excluding hydrogens is 361 g/mol. The first-order valence-electron chi connectivity index (χ1n) is 7.11. The van der Waals surface area contributed by atoms with E-state index in [2.05, 4.69) is 26.2 Å². The molecule has 1 N–H and O–H groups in total. The molecule has 1 aromatic heterocycles. The maximum absolute atomic E-state index is 13.5. The first-order chi connectivity index (χ1) is 11.0. The third-order valence-corrected chi connectivity index (χ3v) is 4.45. The van der Waals surface area contributed by atoms with Gasteiger partial charge in [0.1, 0.15) is 11.6 Å². The molecule has 1 amide bonds. The minimum Gasteiger partial charge on any atom is -0.348 e. The number of benzene rings is 2. The van der Waals surface area contributed by atoms with Crippen LogP contribution < -0.4 is 5.32 Å². The summed E-state index contributed by atoms with van der Waals surface area (Å²) in [5.41, 5.74) is 3.00. The van der Waals surface area contributed by atoms with Crippen LogP contribution in [0, 0.1) is 12.7 Å². The van der Waals surface area contributed by atoms with Crippen molar-refractivity contribution in [2.75, 3.05) is 0 Å². The lowest BCUT2D eigenvalue weighted by atomic mass is 10.1. The van der Waals surface area contributed by atoms with Crippen LogP contribution in [0.2, 0.25) is 0 Å². The van der Waals surface area contributed by atoms with E-state index in [1.54, 1.807) is 24.3 Å². The monoisotopic (exact) mass is 375 g/mol. The number of amides is 1. The van der Waals surface area contributed by atoms with E-state index in [1.165, 1.54) is 6.07 Å². The van der Waals surface area contributed by atoms with Gasteiger partial charge in [-0.3, -0.25) is 4.79 Å². The Labute approximate surface area is 141 Å². The quantitative estimate of drug-likeness (QED) is 0.758. The molecule has 0 aliphatic rings. The SMILES string of the molecule is Cc1nc2cc(C(=O)NCc3ccc(Br)c(F)c3)ccc2n1C. The molecule has 0 saturated heterocycles. The molecule has 0 radical (unpaired) electrons. The van der Waals surface area contributed by atoms with Gasteiger partial charge in [-0.2, -0.15) is 0 Å². The highest BCUT2D eigenvalue weighted by molar-refractivity contribution is 9.10. The van der Waals surface area contributed by atoms with Crippen LogP contribution in [0.3, 0.4) is 0 Å². The molecule has 0 unspecified atom stereocenters. The minimum atomic E-state index is -0.345. The molecule has 6 heteroatoms. The summed E-state index contributed by atoms with van der Waals surface area (Å²) in [6.07, 6.45) is 0. The summed E-state index contributed by atoms with van der Waals surface area (Å²) >= 11 is 3.11. The summed E-state index contributed by atoms with van der Waals surface area (Å²) < 4.78 is 15.9. The van der Waals surface area contributed by atoms with Gasteiger partial charge in [0.25, 0.3) is 5.91 Å². The van der Waals surface area contributed by atoms with Gasteiger partial charge >= 0.3 is 0 Å². The van der Waals surface area contributed by atoms with Crippen LogP contribution in [0.4, 0.5) is 4.39 Å². The molecule has 0 atom stereocenters. The van der Waals surface area contributed by atoms with Crippen molar-refractivity contribution in [3.8, 4) is 0 Å². The van der Waals surface area contributed by atoms with Crippen molar-refractivity contribution in [3.63, 3.8) is 0 Å². The van der Waals surface area contributed by atoms with E-state index in [4.69, 9.17) is 0 Å². The zero-order valence-corrected chi connectivity index (χ0v) is 14.3. The van der Waals surface area contributed by atoms with Gasteiger partial charge in [-0.05, 0) is 58.7 Å². The van der Waals surface area contributed by atoms with Gasteiger partial charge in [0.15, 0.2) is 0 Å². The highest BCUT2D eigenvalue weighted by Crippen LogP contribution is 2.18. The normalized spacial score (nSPS) is 11.0. The number of nitrogens with zero attached hydrogens (tertiary/aromatic N) is 2. The van der Waals surface area contributed by atoms with E-state index in [1.807, 2.05) is 24.6 Å². The number of aromatic nitrogens is 2. The first kappa shape index (κ1) is 15.7. The molecule has 2 aromatic carbocycles. The summed E-state index contributed by atoms with van der Waals surface area (Å²) in [4.78, 5) is 16.7. The number of hydrogen-bond donors (Lipinski definition) is 1. The zero-order chi connectivity index (χ0) is 16.6. The molecule has 0 saturated carbocycles. The van der Waals surface area contributed by atoms with E-state index < -0.39 is 0 Å². The number of carbonyl (C=O) groups excluding carboxylic acids is 1. The third-order valence-electron chi connectivity index (χ3n) is 3.80. The van der Waals surface area contributed by atoms with Gasteiger partial charge in [0.2, 0.25) is 0 Å². The molecular formula is C17H15BrFN3O. The Hall–Kier alpha value is -2.21. The Morgan fingerprint density at radius 1 is 1.30 bits per heavy atom. The minimum absolute atomic E-state index is 0.210. The highest BCUT2D eigenvalue weighted by atomic mass is 79.9. The molecule has 0 aliphatic carbocycles. The van der Waals surface area contributed by atoms with Gasteiger partial charge in [-0.1, -0.05) is 6.07 Å².